The molecule has 0 radical (unpaired) electrons. The summed E-state index contributed by atoms with van der Waals surface area (Å²) in [4.78, 5) is 5.13. The number of aromatic nitrogens is 3. The van der Waals surface area contributed by atoms with Gasteiger partial charge >= 0.3 is 0 Å². The smallest absolute Gasteiger partial charge is 0.180 e. The van der Waals surface area contributed by atoms with Crippen LogP contribution in [0.5, 0.6) is 0 Å². The first-order chi connectivity index (χ1) is 6.24. The predicted molar refractivity (Wildman–Crippen MR) is 52.5 cm³/mol. The summed E-state index contributed by atoms with van der Waals surface area (Å²) in [6.45, 7) is 0. The molecule has 2 aromatic heterocycles. The first-order valence-electron chi connectivity index (χ1n) is 3.93. The van der Waals surface area contributed by atoms with Crippen LogP contribution in [0.15, 0.2) is 18.5 Å². The van der Waals surface area contributed by atoms with Crippen LogP contribution in [-0.4, -0.2) is 14.8 Å². The number of rotatable bonds is 2. The van der Waals surface area contributed by atoms with E-state index in [2.05, 4.69) is 10.1 Å². The molecular formula is C8H10N4S. The minimum Gasteiger partial charge on any atom is -0.375 e. The van der Waals surface area contributed by atoms with E-state index in [-0.39, 0.29) is 0 Å². The van der Waals surface area contributed by atoms with Crippen molar-refractivity contribution in [2.24, 2.45) is 7.05 Å². The zero-order valence-electron chi connectivity index (χ0n) is 7.27. The Hall–Kier alpha value is -1.36. The van der Waals surface area contributed by atoms with Crippen molar-refractivity contribution >= 4 is 16.5 Å². The van der Waals surface area contributed by atoms with Gasteiger partial charge in [-0.2, -0.15) is 5.10 Å². The van der Waals surface area contributed by atoms with Gasteiger partial charge in [-0.15, -0.1) is 11.3 Å². The molecule has 0 aromatic carbocycles. The summed E-state index contributed by atoms with van der Waals surface area (Å²) in [5.74, 6) is 0. The van der Waals surface area contributed by atoms with E-state index in [1.807, 2.05) is 19.3 Å². The van der Waals surface area contributed by atoms with E-state index in [0.29, 0.717) is 5.13 Å². The van der Waals surface area contributed by atoms with Crippen molar-refractivity contribution in [3.63, 3.8) is 0 Å². The zero-order chi connectivity index (χ0) is 9.26. The summed E-state index contributed by atoms with van der Waals surface area (Å²) < 4.78 is 1.79. The molecule has 0 fully saturated rings. The van der Waals surface area contributed by atoms with E-state index < -0.39 is 0 Å². The van der Waals surface area contributed by atoms with Gasteiger partial charge in [-0.25, -0.2) is 4.98 Å². The van der Waals surface area contributed by atoms with Crippen molar-refractivity contribution in [1.82, 2.24) is 14.8 Å². The highest BCUT2D eigenvalue weighted by atomic mass is 32.1. The summed E-state index contributed by atoms with van der Waals surface area (Å²) in [7, 11) is 1.91. The maximum Gasteiger partial charge on any atom is 0.180 e. The Balaban J connectivity index is 2.14. The minimum atomic E-state index is 0.617. The normalized spacial score (nSPS) is 10.5. The van der Waals surface area contributed by atoms with Crippen LogP contribution >= 0.6 is 11.3 Å². The van der Waals surface area contributed by atoms with Gasteiger partial charge in [-0.1, -0.05) is 0 Å². The molecule has 0 spiro atoms. The Morgan fingerprint density at radius 3 is 3.00 bits per heavy atom. The lowest BCUT2D eigenvalue weighted by Gasteiger charge is -1.90. The number of thiazole rings is 1. The maximum absolute atomic E-state index is 5.52. The lowest BCUT2D eigenvalue weighted by Crippen LogP contribution is -1.90. The molecule has 4 nitrogen and oxygen atoms in total. The Morgan fingerprint density at radius 1 is 1.62 bits per heavy atom. The molecule has 2 heterocycles. The van der Waals surface area contributed by atoms with Gasteiger partial charge < -0.3 is 5.73 Å². The second kappa shape index (κ2) is 3.18. The van der Waals surface area contributed by atoms with Crippen LogP contribution in [0.3, 0.4) is 0 Å². The number of hydrogen-bond donors (Lipinski definition) is 1. The fraction of sp³-hybridized carbons (Fsp3) is 0.250. The van der Waals surface area contributed by atoms with E-state index in [1.165, 1.54) is 11.3 Å². The number of nitrogens with zero attached hydrogens (tertiary/aromatic N) is 3. The zero-order valence-corrected chi connectivity index (χ0v) is 8.08. The minimum absolute atomic E-state index is 0.617. The molecule has 2 rings (SSSR count). The van der Waals surface area contributed by atoms with Crippen molar-refractivity contribution < 1.29 is 0 Å². The average Bonchev–Trinajstić information content (AvgIpc) is 2.62. The van der Waals surface area contributed by atoms with Crippen LogP contribution < -0.4 is 5.73 Å². The molecule has 0 amide bonds. The van der Waals surface area contributed by atoms with Gasteiger partial charge in [0.15, 0.2) is 5.13 Å². The van der Waals surface area contributed by atoms with E-state index in [0.717, 1.165) is 17.0 Å². The first kappa shape index (κ1) is 8.25. The van der Waals surface area contributed by atoms with Gasteiger partial charge in [0.2, 0.25) is 0 Å². The number of aryl methyl sites for hydroxylation is 1. The van der Waals surface area contributed by atoms with Crippen LogP contribution in [0, 0.1) is 0 Å². The van der Waals surface area contributed by atoms with Crippen LogP contribution in [0.4, 0.5) is 5.13 Å². The molecule has 68 valence electrons. The quantitative estimate of drug-likeness (QED) is 0.777. The van der Waals surface area contributed by atoms with Gasteiger partial charge in [0.1, 0.15) is 0 Å². The molecule has 2 aromatic rings. The Bertz CT molecular complexity index is 365. The van der Waals surface area contributed by atoms with Crippen molar-refractivity contribution in [1.29, 1.82) is 0 Å². The number of hydrogen-bond acceptors (Lipinski definition) is 4. The van der Waals surface area contributed by atoms with Crippen molar-refractivity contribution in [3.8, 4) is 0 Å². The highest BCUT2D eigenvalue weighted by Gasteiger charge is 2.02. The Kier molecular flexibility index (Phi) is 2.02. The highest BCUT2D eigenvalue weighted by molar-refractivity contribution is 7.15. The first-order valence-corrected chi connectivity index (χ1v) is 4.74. The van der Waals surface area contributed by atoms with E-state index in [9.17, 15) is 0 Å². The molecule has 2 N–H and O–H groups in total. The van der Waals surface area contributed by atoms with Gasteiger partial charge in [0, 0.05) is 30.7 Å². The third-order valence-electron chi connectivity index (χ3n) is 1.70. The molecule has 0 bridgehead atoms. The van der Waals surface area contributed by atoms with Crippen LogP contribution in [0.25, 0.3) is 0 Å². The topological polar surface area (TPSA) is 56.7 Å². The van der Waals surface area contributed by atoms with Crippen molar-refractivity contribution in [2.45, 2.75) is 6.42 Å². The molecule has 0 saturated carbocycles. The van der Waals surface area contributed by atoms with Gasteiger partial charge in [-0.3, -0.25) is 4.68 Å². The molecule has 0 aliphatic rings. The SMILES string of the molecule is Cn1ccc(Cc2cnc(N)s2)n1. The lowest BCUT2D eigenvalue weighted by atomic mass is 10.3. The van der Waals surface area contributed by atoms with Crippen LogP contribution in [0.1, 0.15) is 10.6 Å². The predicted octanol–water partition coefficient (Wildman–Crippen LogP) is 1.05. The lowest BCUT2D eigenvalue weighted by molar-refractivity contribution is 0.750. The summed E-state index contributed by atoms with van der Waals surface area (Å²) >= 11 is 1.51. The van der Waals surface area contributed by atoms with Gasteiger partial charge in [0.05, 0.1) is 5.69 Å². The number of nitrogens with two attached hydrogens (primary N) is 1. The monoisotopic (exact) mass is 194 g/mol. The summed E-state index contributed by atoms with van der Waals surface area (Å²) in [6, 6.07) is 2.00. The van der Waals surface area contributed by atoms with E-state index in [4.69, 9.17) is 5.73 Å². The molecule has 13 heavy (non-hydrogen) atoms. The molecule has 5 heteroatoms. The molecule has 0 unspecified atom stereocenters. The fourth-order valence-electron chi connectivity index (χ4n) is 1.14. The highest BCUT2D eigenvalue weighted by Crippen LogP contribution is 2.17. The van der Waals surface area contributed by atoms with Crippen molar-refractivity contribution in [2.75, 3.05) is 5.73 Å². The summed E-state index contributed by atoms with van der Waals surface area (Å²) in [5, 5.41) is 4.89. The van der Waals surface area contributed by atoms with Crippen LogP contribution in [0.2, 0.25) is 0 Å². The average molecular weight is 194 g/mol. The molecule has 0 saturated heterocycles. The van der Waals surface area contributed by atoms with Crippen molar-refractivity contribution in [3.05, 3.63) is 29.0 Å². The number of anilines is 1. The maximum atomic E-state index is 5.52. The molecule has 0 atom stereocenters. The Labute approximate surface area is 80.0 Å². The van der Waals surface area contributed by atoms with Gasteiger partial charge in [-0.05, 0) is 6.07 Å². The second-order valence-electron chi connectivity index (χ2n) is 2.82. The number of nitrogen functional groups attached to an aromatic ring is 1. The standard InChI is InChI=1S/C8H10N4S/c1-12-3-2-6(11-12)4-7-5-10-8(9)13-7/h2-3,5H,4H2,1H3,(H2,9,10). The second-order valence-corrected chi connectivity index (χ2v) is 3.97. The summed E-state index contributed by atoms with van der Waals surface area (Å²) in [6.07, 6.45) is 4.55. The van der Waals surface area contributed by atoms with E-state index in [1.54, 1.807) is 10.9 Å². The van der Waals surface area contributed by atoms with E-state index >= 15 is 0 Å². The third-order valence-corrected chi connectivity index (χ3v) is 2.52. The fourth-order valence-corrected chi connectivity index (χ4v) is 1.84. The van der Waals surface area contributed by atoms with Crippen LogP contribution in [-0.2, 0) is 13.5 Å². The summed E-state index contributed by atoms with van der Waals surface area (Å²) in [5.41, 5.74) is 6.57. The van der Waals surface area contributed by atoms with Gasteiger partial charge in [0.25, 0.3) is 0 Å². The molecule has 0 aliphatic heterocycles. The molecular weight excluding hydrogens is 184 g/mol. The largest absolute Gasteiger partial charge is 0.375 e. The molecule has 0 aliphatic carbocycles. The Morgan fingerprint density at radius 2 is 2.46 bits per heavy atom. The third kappa shape index (κ3) is 1.86.